The van der Waals surface area contributed by atoms with Crippen molar-refractivity contribution in [3.05, 3.63) is 12.2 Å². The minimum Gasteiger partial charge on any atom is -0.469 e. The highest BCUT2D eigenvalue weighted by molar-refractivity contribution is 5.95. The SMILES string of the molecule is COC(=O)[C@@]12[C@@H]3[C@@H]4CC[C@H]5OC(=O)[C@@]16[C@H]([C@H]3[C@H]1[C@@H]2[C@@H]2C=CC[C@@H]2[C@@H]16)[C@@H]45. The Morgan fingerprint density at radius 2 is 1.96 bits per heavy atom. The summed E-state index contributed by atoms with van der Waals surface area (Å²) < 4.78 is 11.6. The molecule has 1 spiro atoms. The van der Waals surface area contributed by atoms with Crippen molar-refractivity contribution in [2.24, 2.45) is 70.0 Å². The molecule has 0 aromatic heterocycles. The Balaban J connectivity index is 1.49. The van der Waals surface area contributed by atoms with Crippen LogP contribution < -0.4 is 0 Å². The van der Waals surface area contributed by atoms with Gasteiger partial charge in [-0.3, -0.25) is 9.59 Å². The summed E-state index contributed by atoms with van der Waals surface area (Å²) >= 11 is 0. The Morgan fingerprint density at radius 3 is 2.80 bits per heavy atom. The molecule has 130 valence electrons. The summed E-state index contributed by atoms with van der Waals surface area (Å²) in [5.41, 5.74) is -1.09. The molecule has 9 aliphatic rings. The lowest BCUT2D eigenvalue weighted by Crippen LogP contribution is -2.68. The van der Waals surface area contributed by atoms with Gasteiger partial charge in [-0.05, 0) is 72.5 Å². The average Bonchev–Trinajstić information content (AvgIpc) is 3.36. The third-order valence-corrected chi connectivity index (χ3v) is 10.7. The lowest BCUT2D eigenvalue weighted by molar-refractivity contribution is -0.231. The zero-order chi connectivity index (χ0) is 16.5. The Morgan fingerprint density at radius 1 is 1.12 bits per heavy atom. The Bertz CT molecular complexity index is 813. The third-order valence-electron chi connectivity index (χ3n) is 10.7. The standard InChI is InChI=1S/C21H22O4/c1-24-18(22)20-14-7-3-2-4-8(7)15-12(14)13-16(20)9-5-6-10-11(9)17(13)21(15,20)19(23)25-10/h2-3,7-17H,4-6H2,1H3/t7-,8+,9-,10-,11+,12+,13+,14+,15+,16-,17+,20-,21-/m1/s1. The summed E-state index contributed by atoms with van der Waals surface area (Å²) in [7, 11) is 1.53. The molecule has 1 aliphatic heterocycles. The van der Waals surface area contributed by atoms with Crippen molar-refractivity contribution in [1.82, 2.24) is 0 Å². The van der Waals surface area contributed by atoms with E-state index in [-0.39, 0.29) is 18.0 Å². The van der Waals surface area contributed by atoms with Gasteiger partial charge in [-0.1, -0.05) is 12.2 Å². The van der Waals surface area contributed by atoms with Crippen LogP contribution in [0.3, 0.4) is 0 Å². The lowest BCUT2D eigenvalue weighted by atomic mass is 9.43. The highest BCUT2D eigenvalue weighted by atomic mass is 16.6. The third kappa shape index (κ3) is 0.821. The average molecular weight is 338 g/mol. The van der Waals surface area contributed by atoms with Crippen LogP contribution in [0.15, 0.2) is 12.2 Å². The van der Waals surface area contributed by atoms with E-state index in [4.69, 9.17) is 9.47 Å². The van der Waals surface area contributed by atoms with Crippen LogP contribution in [0, 0.1) is 70.0 Å². The molecule has 4 heteroatoms. The number of allylic oxidation sites excluding steroid dienone is 2. The summed E-state index contributed by atoms with van der Waals surface area (Å²) in [4.78, 5) is 27.1. The molecule has 8 aliphatic carbocycles. The highest BCUT2D eigenvalue weighted by Gasteiger charge is 3.02. The molecule has 0 radical (unpaired) electrons. The van der Waals surface area contributed by atoms with Crippen LogP contribution in [0.2, 0.25) is 0 Å². The molecule has 1 heterocycles. The zero-order valence-corrected chi connectivity index (χ0v) is 14.3. The number of hydrogen-bond acceptors (Lipinski definition) is 4. The first-order valence-corrected chi connectivity index (χ1v) is 10.2. The molecule has 0 unspecified atom stereocenters. The molecule has 25 heavy (non-hydrogen) atoms. The largest absolute Gasteiger partial charge is 0.469 e. The first-order valence-electron chi connectivity index (χ1n) is 10.2. The number of esters is 2. The molecule has 4 nitrogen and oxygen atoms in total. The number of carbonyl (C=O) groups excluding carboxylic acids is 2. The maximum absolute atomic E-state index is 13.6. The van der Waals surface area contributed by atoms with Crippen molar-refractivity contribution in [3.8, 4) is 0 Å². The van der Waals surface area contributed by atoms with Crippen molar-refractivity contribution in [3.63, 3.8) is 0 Å². The normalized spacial score (nSPS) is 70.4. The summed E-state index contributed by atoms with van der Waals surface area (Å²) in [5.74, 6) is 4.84. The molecule has 0 amide bonds. The maximum atomic E-state index is 13.6. The van der Waals surface area contributed by atoms with Gasteiger partial charge in [0.2, 0.25) is 0 Å². The summed E-state index contributed by atoms with van der Waals surface area (Å²) in [5, 5.41) is 0. The van der Waals surface area contributed by atoms with E-state index in [0.29, 0.717) is 59.2 Å². The van der Waals surface area contributed by atoms with Crippen LogP contribution in [0.25, 0.3) is 0 Å². The van der Waals surface area contributed by atoms with Crippen molar-refractivity contribution in [2.45, 2.75) is 25.4 Å². The molecular weight excluding hydrogens is 316 g/mol. The van der Waals surface area contributed by atoms with Crippen LogP contribution in [0.1, 0.15) is 19.3 Å². The van der Waals surface area contributed by atoms with E-state index < -0.39 is 10.8 Å². The summed E-state index contributed by atoms with van der Waals surface area (Å²) in [6.45, 7) is 0. The van der Waals surface area contributed by atoms with E-state index in [1.165, 1.54) is 7.11 Å². The van der Waals surface area contributed by atoms with Gasteiger partial charge in [0.25, 0.3) is 0 Å². The second-order valence-electron chi connectivity index (χ2n) is 10.2. The lowest BCUT2D eigenvalue weighted by Gasteiger charge is -2.60. The number of carbonyl (C=O) groups is 2. The fraction of sp³-hybridized carbons (Fsp3) is 0.810. The second kappa shape index (κ2) is 3.32. The van der Waals surface area contributed by atoms with Crippen LogP contribution in [-0.4, -0.2) is 25.2 Å². The fourth-order valence-corrected chi connectivity index (χ4v) is 11.4. The predicted molar refractivity (Wildman–Crippen MR) is 84.7 cm³/mol. The molecule has 0 aromatic rings. The fourth-order valence-electron chi connectivity index (χ4n) is 11.4. The van der Waals surface area contributed by atoms with Gasteiger partial charge in [-0.2, -0.15) is 0 Å². The van der Waals surface area contributed by atoms with Gasteiger partial charge in [0.15, 0.2) is 0 Å². The molecule has 13 atom stereocenters. The van der Waals surface area contributed by atoms with Crippen molar-refractivity contribution >= 4 is 11.9 Å². The Hall–Kier alpha value is -1.32. The van der Waals surface area contributed by atoms with Crippen LogP contribution in [0.4, 0.5) is 0 Å². The van der Waals surface area contributed by atoms with Crippen LogP contribution in [0.5, 0.6) is 0 Å². The zero-order valence-electron chi connectivity index (χ0n) is 14.3. The minimum atomic E-state index is -0.560. The monoisotopic (exact) mass is 338 g/mol. The number of rotatable bonds is 1. The van der Waals surface area contributed by atoms with E-state index in [2.05, 4.69) is 12.2 Å². The van der Waals surface area contributed by atoms with E-state index in [1.807, 2.05) is 0 Å². The smallest absolute Gasteiger partial charge is 0.314 e. The van der Waals surface area contributed by atoms with Gasteiger partial charge in [-0.25, -0.2) is 0 Å². The number of ether oxygens (including phenoxy) is 2. The number of fused-ring (bicyclic) bond motifs is 1. The Kier molecular flexibility index (Phi) is 1.72. The topological polar surface area (TPSA) is 52.6 Å². The molecule has 8 fully saturated rings. The van der Waals surface area contributed by atoms with Crippen molar-refractivity contribution < 1.29 is 19.1 Å². The van der Waals surface area contributed by atoms with E-state index in [1.54, 1.807) is 0 Å². The van der Waals surface area contributed by atoms with Crippen LogP contribution >= 0.6 is 0 Å². The van der Waals surface area contributed by atoms with E-state index in [9.17, 15) is 9.59 Å². The van der Waals surface area contributed by atoms with Gasteiger partial charge >= 0.3 is 11.9 Å². The molecule has 8 bridgehead atoms. The van der Waals surface area contributed by atoms with Crippen molar-refractivity contribution in [1.29, 1.82) is 0 Å². The molecular formula is C21H22O4. The first kappa shape index (κ1) is 12.9. The maximum Gasteiger partial charge on any atom is 0.314 e. The van der Waals surface area contributed by atoms with Gasteiger partial charge < -0.3 is 9.47 Å². The van der Waals surface area contributed by atoms with Gasteiger partial charge in [0, 0.05) is 5.92 Å². The Labute approximate surface area is 146 Å². The number of hydrogen-bond donors (Lipinski definition) is 0. The minimum absolute atomic E-state index is 0.00245. The van der Waals surface area contributed by atoms with E-state index >= 15 is 0 Å². The van der Waals surface area contributed by atoms with Gasteiger partial charge in [-0.15, -0.1) is 0 Å². The summed E-state index contributed by atoms with van der Waals surface area (Å²) in [6, 6.07) is 0. The summed E-state index contributed by atoms with van der Waals surface area (Å²) in [6.07, 6.45) is 8.07. The predicted octanol–water partition coefficient (Wildman–Crippen LogP) is 2.04. The number of methoxy groups -OCH3 is 1. The van der Waals surface area contributed by atoms with Crippen LogP contribution in [-0.2, 0) is 19.1 Å². The molecule has 7 saturated carbocycles. The van der Waals surface area contributed by atoms with E-state index in [0.717, 1.165) is 19.3 Å². The van der Waals surface area contributed by atoms with Gasteiger partial charge in [0.05, 0.1) is 17.9 Å². The second-order valence-corrected chi connectivity index (χ2v) is 10.2. The highest BCUT2D eigenvalue weighted by Crippen LogP contribution is 2.98. The van der Waals surface area contributed by atoms with Gasteiger partial charge in [0.1, 0.15) is 6.10 Å². The molecule has 0 aromatic carbocycles. The van der Waals surface area contributed by atoms with Crippen molar-refractivity contribution in [2.75, 3.05) is 7.11 Å². The molecule has 0 N–H and O–H groups in total. The first-order chi connectivity index (χ1) is 12.2. The molecule has 1 saturated heterocycles. The quantitative estimate of drug-likeness (QED) is 0.542. The molecule has 9 rings (SSSR count).